The molecular weight excluding hydrogens is 286 g/mol. The van der Waals surface area contributed by atoms with E-state index in [2.05, 4.69) is 25.4 Å². The minimum Gasteiger partial charge on any atom is -0.405 e. The molecule has 0 unspecified atom stereocenters. The Balaban J connectivity index is 3.03. The summed E-state index contributed by atoms with van der Waals surface area (Å²) in [7, 11) is 0. The maximum absolute atomic E-state index is 6.04. The van der Waals surface area contributed by atoms with Crippen molar-refractivity contribution >= 4 is 5.84 Å². The molecule has 0 aromatic carbocycles. The number of nitrogens with two attached hydrogens (primary N) is 3. The van der Waals surface area contributed by atoms with Crippen molar-refractivity contribution in [2.45, 2.75) is 39.5 Å². The summed E-state index contributed by atoms with van der Waals surface area (Å²) >= 11 is 0. The molecule has 1 aliphatic rings. The van der Waals surface area contributed by atoms with Crippen molar-refractivity contribution in [1.29, 1.82) is 0 Å². The van der Waals surface area contributed by atoms with Gasteiger partial charge in [0.2, 0.25) is 0 Å². The van der Waals surface area contributed by atoms with Gasteiger partial charge in [-0.2, -0.15) is 0 Å². The number of hydrogen-bond acceptors (Lipinski definition) is 4. The molecule has 0 spiro atoms. The van der Waals surface area contributed by atoms with Crippen LogP contribution in [0, 0.1) is 11.3 Å². The first kappa shape index (κ1) is 18.9. The van der Waals surface area contributed by atoms with E-state index >= 15 is 0 Å². The molecule has 1 aliphatic carbocycles. The van der Waals surface area contributed by atoms with Gasteiger partial charge in [-0.1, -0.05) is 26.5 Å². The van der Waals surface area contributed by atoms with Crippen LogP contribution in [0.1, 0.15) is 39.5 Å². The Bertz CT molecular complexity index is 520. The quantitative estimate of drug-likeness (QED) is 0.298. The van der Waals surface area contributed by atoms with Crippen molar-refractivity contribution in [2.24, 2.45) is 33.5 Å². The molecule has 5 heteroatoms. The first-order valence-electron chi connectivity index (χ1n) is 8.13. The third-order valence-corrected chi connectivity index (χ3v) is 4.39. The van der Waals surface area contributed by atoms with Gasteiger partial charge in [-0.05, 0) is 50.1 Å². The summed E-state index contributed by atoms with van der Waals surface area (Å²) < 4.78 is 0. The molecule has 23 heavy (non-hydrogen) atoms. The highest BCUT2D eigenvalue weighted by Gasteiger charge is 2.49. The smallest absolute Gasteiger partial charge is 0.134 e. The standard InChI is InChI=1S/C18H31N5/c1-5-7-16(14(4)21)18(9-10-18)12-23-17(22-6-2)15(8-11-19)13(3)20/h6,8,11,16H,2,4-5,7,9-10,12,19-21H2,1,3H3,(H,22,23)/b11-8-,15-13-/t16-/m1/s1. The van der Waals surface area contributed by atoms with Crippen LogP contribution in [0.5, 0.6) is 0 Å². The van der Waals surface area contributed by atoms with E-state index in [1.807, 2.05) is 6.92 Å². The second-order valence-electron chi connectivity index (χ2n) is 6.25. The number of aliphatic imine (C=N–C) groups is 1. The fourth-order valence-corrected chi connectivity index (χ4v) is 2.99. The van der Waals surface area contributed by atoms with Gasteiger partial charge in [-0.3, -0.25) is 4.99 Å². The van der Waals surface area contributed by atoms with E-state index in [-0.39, 0.29) is 5.41 Å². The minimum atomic E-state index is 0.135. The first-order chi connectivity index (χ1) is 10.9. The van der Waals surface area contributed by atoms with Gasteiger partial charge in [0.1, 0.15) is 5.84 Å². The predicted molar refractivity (Wildman–Crippen MR) is 99.2 cm³/mol. The zero-order valence-electron chi connectivity index (χ0n) is 14.4. The molecule has 0 aromatic heterocycles. The van der Waals surface area contributed by atoms with Gasteiger partial charge in [-0.15, -0.1) is 0 Å². The minimum absolute atomic E-state index is 0.135. The molecule has 0 amide bonds. The number of nitrogens with one attached hydrogen (secondary N) is 1. The zero-order chi connectivity index (χ0) is 17.5. The van der Waals surface area contributed by atoms with Crippen LogP contribution in [0.15, 0.2) is 53.6 Å². The summed E-state index contributed by atoms with van der Waals surface area (Å²) in [6, 6.07) is 0. The van der Waals surface area contributed by atoms with Crippen molar-refractivity contribution in [3.63, 3.8) is 0 Å². The van der Waals surface area contributed by atoms with Gasteiger partial charge in [-0.25, -0.2) is 0 Å². The van der Waals surface area contributed by atoms with E-state index in [1.54, 1.807) is 12.3 Å². The molecule has 0 radical (unpaired) electrons. The van der Waals surface area contributed by atoms with E-state index in [9.17, 15) is 0 Å². The average Bonchev–Trinajstić information content (AvgIpc) is 3.27. The molecule has 5 nitrogen and oxygen atoms in total. The van der Waals surface area contributed by atoms with E-state index in [0.29, 0.717) is 24.0 Å². The summed E-state index contributed by atoms with van der Waals surface area (Å²) in [5.74, 6) is 1.00. The molecule has 1 saturated carbocycles. The molecule has 1 fully saturated rings. The number of hydrogen-bond donors (Lipinski definition) is 4. The Morgan fingerprint density at radius 1 is 1.39 bits per heavy atom. The third-order valence-electron chi connectivity index (χ3n) is 4.39. The summed E-state index contributed by atoms with van der Waals surface area (Å²) in [5.41, 5.74) is 19.8. The van der Waals surface area contributed by atoms with Crippen LogP contribution in [-0.2, 0) is 0 Å². The lowest BCUT2D eigenvalue weighted by atomic mass is 9.83. The Kier molecular flexibility index (Phi) is 6.94. The summed E-state index contributed by atoms with van der Waals surface area (Å²) in [4.78, 5) is 4.77. The van der Waals surface area contributed by atoms with Crippen molar-refractivity contribution in [3.05, 3.63) is 48.6 Å². The van der Waals surface area contributed by atoms with Crippen molar-refractivity contribution < 1.29 is 0 Å². The van der Waals surface area contributed by atoms with Crippen molar-refractivity contribution in [1.82, 2.24) is 5.32 Å². The highest BCUT2D eigenvalue weighted by Crippen LogP contribution is 2.55. The SMILES string of the molecule is C=CNC(=NCC1([C@H](CCC)C(=C)N)CC1)C(/C=C\N)=C(/C)N. The number of rotatable bonds is 9. The first-order valence-corrected chi connectivity index (χ1v) is 8.13. The largest absolute Gasteiger partial charge is 0.405 e. The topological polar surface area (TPSA) is 102 Å². The maximum Gasteiger partial charge on any atom is 0.134 e. The monoisotopic (exact) mass is 317 g/mol. The Labute approximate surface area is 140 Å². The normalized spacial score (nSPS) is 19.1. The van der Waals surface area contributed by atoms with Crippen LogP contribution in [0.4, 0.5) is 0 Å². The predicted octanol–water partition coefficient (Wildman–Crippen LogP) is 2.49. The maximum atomic E-state index is 6.04. The lowest BCUT2D eigenvalue weighted by molar-refractivity contribution is 0.338. The molecule has 1 rings (SSSR count). The Morgan fingerprint density at radius 2 is 2.04 bits per heavy atom. The lowest BCUT2D eigenvalue weighted by Crippen LogP contribution is -2.27. The molecule has 0 saturated heterocycles. The van der Waals surface area contributed by atoms with Crippen LogP contribution >= 0.6 is 0 Å². The molecule has 128 valence electrons. The highest BCUT2D eigenvalue weighted by molar-refractivity contribution is 6.01. The van der Waals surface area contributed by atoms with E-state index in [4.69, 9.17) is 22.2 Å². The molecule has 0 heterocycles. The number of amidine groups is 1. The Morgan fingerprint density at radius 3 is 2.43 bits per heavy atom. The fraction of sp³-hybridized carbons (Fsp3) is 0.500. The van der Waals surface area contributed by atoms with Gasteiger partial charge in [0, 0.05) is 29.4 Å². The second kappa shape index (κ2) is 8.46. The summed E-state index contributed by atoms with van der Waals surface area (Å²) in [6.45, 7) is 12.4. The molecule has 0 aliphatic heterocycles. The molecule has 0 aromatic rings. The summed E-state index contributed by atoms with van der Waals surface area (Å²) in [6.07, 6.45) is 9.20. The van der Waals surface area contributed by atoms with Gasteiger partial charge in [0.25, 0.3) is 0 Å². The van der Waals surface area contributed by atoms with Crippen LogP contribution < -0.4 is 22.5 Å². The van der Waals surface area contributed by atoms with Crippen LogP contribution in [0.3, 0.4) is 0 Å². The summed E-state index contributed by atoms with van der Waals surface area (Å²) in [5, 5.41) is 3.06. The van der Waals surface area contributed by atoms with Crippen LogP contribution in [-0.4, -0.2) is 12.4 Å². The van der Waals surface area contributed by atoms with Gasteiger partial charge >= 0.3 is 0 Å². The van der Waals surface area contributed by atoms with Gasteiger partial charge < -0.3 is 22.5 Å². The fourth-order valence-electron chi connectivity index (χ4n) is 2.99. The molecule has 1 atom stereocenters. The molecule has 0 bridgehead atoms. The second-order valence-corrected chi connectivity index (χ2v) is 6.25. The van der Waals surface area contributed by atoms with Gasteiger partial charge in [0.05, 0.1) is 0 Å². The van der Waals surface area contributed by atoms with Crippen LogP contribution in [0.2, 0.25) is 0 Å². The van der Waals surface area contributed by atoms with Crippen molar-refractivity contribution in [2.75, 3.05) is 6.54 Å². The van der Waals surface area contributed by atoms with E-state index in [0.717, 1.165) is 37.0 Å². The van der Waals surface area contributed by atoms with E-state index in [1.165, 1.54) is 6.20 Å². The van der Waals surface area contributed by atoms with E-state index < -0.39 is 0 Å². The van der Waals surface area contributed by atoms with Crippen LogP contribution in [0.25, 0.3) is 0 Å². The average molecular weight is 317 g/mol. The van der Waals surface area contributed by atoms with Crippen molar-refractivity contribution in [3.8, 4) is 0 Å². The number of nitrogens with zero attached hydrogens (tertiary/aromatic N) is 1. The Hall–Kier alpha value is -2.17. The number of allylic oxidation sites excluding steroid dienone is 2. The van der Waals surface area contributed by atoms with Gasteiger partial charge in [0.15, 0.2) is 0 Å². The lowest BCUT2D eigenvalue weighted by Gasteiger charge is -2.26. The third kappa shape index (κ3) is 4.91. The zero-order valence-corrected chi connectivity index (χ0v) is 14.4. The highest BCUT2D eigenvalue weighted by atomic mass is 15.0. The molecular formula is C18H31N5. The molecule has 7 N–H and O–H groups in total.